The summed E-state index contributed by atoms with van der Waals surface area (Å²) in [6, 6.07) is 0. The van der Waals surface area contributed by atoms with Gasteiger partial charge in [0.25, 0.3) is 5.95 Å². The Kier molecular flexibility index (Phi) is 5.99. The number of ether oxygens (including phenoxy) is 1. The Hall–Kier alpha value is -2.54. The van der Waals surface area contributed by atoms with Crippen LogP contribution in [0.1, 0.15) is 12.8 Å². The van der Waals surface area contributed by atoms with Crippen molar-refractivity contribution in [2.75, 3.05) is 61.9 Å². The molecular formula is C17H27N9O3S. The molecule has 0 bridgehead atoms. The van der Waals surface area contributed by atoms with Gasteiger partial charge in [0.05, 0.1) is 32.3 Å². The Morgan fingerprint density at radius 3 is 2.33 bits per heavy atom. The van der Waals surface area contributed by atoms with Gasteiger partial charge in [-0.2, -0.15) is 9.10 Å². The second-order valence-corrected chi connectivity index (χ2v) is 9.66. The first-order valence-corrected chi connectivity index (χ1v) is 11.9. The molecule has 0 unspecified atom stereocenters. The van der Waals surface area contributed by atoms with E-state index in [2.05, 4.69) is 30.3 Å². The van der Waals surface area contributed by atoms with Crippen LogP contribution in [0.15, 0.2) is 12.4 Å². The molecule has 0 atom stereocenters. The lowest BCUT2D eigenvalue weighted by Gasteiger charge is -2.33. The molecule has 2 aliphatic rings. The summed E-state index contributed by atoms with van der Waals surface area (Å²) in [7, 11) is -1.38. The smallest absolute Gasteiger partial charge is 0.266 e. The Balaban J connectivity index is 1.22. The Morgan fingerprint density at radius 1 is 1.03 bits per heavy atom. The summed E-state index contributed by atoms with van der Waals surface area (Å²) in [5, 5.41) is 12.2. The maximum atomic E-state index is 11.6. The third kappa shape index (κ3) is 4.95. The predicted octanol–water partition coefficient (Wildman–Crippen LogP) is -0.623. The van der Waals surface area contributed by atoms with Crippen molar-refractivity contribution in [3.8, 4) is 5.88 Å². The van der Waals surface area contributed by atoms with Gasteiger partial charge in [0.1, 0.15) is 5.82 Å². The predicted molar refractivity (Wildman–Crippen MR) is 110 cm³/mol. The third-order valence-electron chi connectivity index (χ3n) is 5.51. The second-order valence-electron chi connectivity index (χ2n) is 7.68. The molecule has 2 aromatic heterocycles. The summed E-state index contributed by atoms with van der Waals surface area (Å²) in [5.41, 5.74) is 0. The number of aromatic nitrogens is 6. The van der Waals surface area contributed by atoms with Crippen molar-refractivity contribution in [1.82, 2.24) is 34.5 Å². The molecule has 2 saturated heterocycles. The maximum Gasteiger partial charge on any atom is 0.266 e. The van der Waals surface area contributed by atoms with Gasteiger partial charge in [-0.25, -0.2) is 18.4 Å². The van der Waals surface area contributed by atoms with Gasteiger partial charge >= 0.3 is 0 Å². The Labute approximate surface area is 175 Å². The summed E-state index contributed by atoms with van der Waals surface area (Å²) in [5.74, 6) is 2.37. The van der Waals surface area contributed by atoms with Crippen LogP contribution in [0.4, 0.5) is 11.8 Å². The monoisotopic (exact) mass is 437 g/mol. The van der Waals surface area contributed by atoms with Crippen molar-refractivity contribution in [1.29, 1.82) is 0 Å². The SMILES string of the molecule is Cn1nnc(N2CCC(COc3cnc(N4CCN(S(C)(=O)=O)CC4)cn3)CC2)n1. The van der Waals surface area contributed by atoms with Crippen LogP contribution in [0, 0.1) is 5.92 Å². The first-order chi connectivity index (χ1) is 14.4. The first kappa shape index (κ1) is 20.7. The van der Waals surface area contributed by atoms with Gasteiger partial charge in [0, 0.05) is 39.3 Å². The topological polar surface area (TPSA) is 122 Å². The Bertz CT molecular complexity index is 934. The van der Waals surface area contributed by atoms with Crippen LogP contribution in [-0.4, -0.2) is 95.0 Å². The number of piperazine rings is 1. The third-order valence-corrected chi connectivity index (χ3v) is 6.81. The lowest BCUT2D eigenvalue weighted by Crippen LogP contribution is -2.48. The lowest BCUT2D eigenvalue weighted by molar-refractivity contribution is 0.215. The van der Waals surface area contributed by atoms with Crippen molar-refractivity contribution >= 4 is 21.8 Å². The zero-order valence-electron chi connectivity index (χ0n) is 17.3. The molecule has 2 aliphatic heterocycles. The summed E-state index contributed by atoms with van der Waals surface area (Å²) < 4.78 is 30.6. The van der Waals surface area contributed by atoms with Crippen molar-refractivity contribution in [2.24, 2.45) is 13.0 Å². The van der Waals surface area contributed by atoms with Crippen LogP contribution in [0.5, 0.6) is 5.88 Å². The molecule has 0 amide bonds. The molecule has 12 nitrogen and oxygen atoms in total. The van der Waals surface area contributed by atoms with Crippen molar-refractivity contribution < 1.29 is 13.2 Å². The van der Waals surface area contributed by atoms with E-state index in [-0.39, 0.29) is 0 Å². The van der Waals surface area contributed by atoms with E-state index in [1.807, 2.05) is 4.90 Å². The highest BCUT2D eigenvalue weighted by atomic mass is 32.2. The summed E-state index contributed by atoms with van der Waals surface area (Å²) in [6.45, 7) is 4.47. The molecule has 0 aromatic carbocycles. The number of hydrogen-bond acceptors (Lipinski definition) is 10. The van der Waals surface area contributed by atoms with Crippen molar-refractivity contribution in [3.63, 3.8) is 0 Å². The molecule has 4 heterocycles. The quantitative estimate of drug-likeness (QED) is 0.577. The number of hydrogen-bond donors (Lipinski definition) is 0. The highest BCUT2D eigenvalue weighted by molar-refractivity contribution is 7.88. The van der Waals surface area contributed by atoms with E-state index in [0.29, 0.717) is 50.5 Å². The van der Waals surface area contributed by atoms with Gasteiger partial charge in [-0.1, -0.05) is 5.10 Å². The maximum absolute atomic E-state index is 11.6. The number of piperidine rings is 1. The number of rotatable bonds is 6. The zero-order chi connectivity index (χ0) is 21.1. The summed E-state index contributed by atoms with van der Waals surface area (Å²) in [6.07, 6.45) is 6.55. The fourth-order valence-corrected chi connectivity index (χ4v) is 4.53. The lowest BCUT2D eigenvalue weighted by atomic mass is 9.98. The van der Waals surface area contributed by atoms with E-state index in [0.717, 1.165) is 31.7 Å². The molecular weight excluding hydrogens is 410 g/mol. The van der Waals surface area contributed by atoms with Crippen LogP contribution < -0.4 is 14.5 Å². The molecule has 0 saturated carbocycles. The van der Waals surface area contributed by atoms with Crippen LogP contribution in [-0.2, 0) is 17.1 Å². The molecule has 2 fully saturated rings. The van der Waals surface area contributed by atoms with Crippen LogP contribution in [0.3, 0.4) is 0 Å². The fourth-order valence-electron chi connectivity index (χ4n) is 3.70. The van der Waals surface area contributed by atoms with Gasteiger partial charge in [-0.05, 0) is 24.0 Å². The van der Waals surface area contributed by atoms with E-state index in [9.17, 15) is 8.42 Å². The molecule has 13 heteroatoms. The highest BCUT2D eigenvalue weighted by Crippen LogP contribution is 2.21. The Morgan fingerprint density at radius 2 is 1.77 bits per heavy atom. The van der Waals surface area contributed by atoms with Gasteiger partial charge < -0.3 is 14.5 Å². The van der Waals surface area contributed by atoms with Crippen LogP contribution in [0.25, 0.3) is 0 Å². The van der Waals surface area contributed by atoms with Gasteiger partial charge in [0.2, 0.25) is 15.9 Å². The molecule has 0 radical (unpaired) electrons. The molecule has 4 rings (SSSR count). The number of sulfonamides is 1. The molecule has 164 valence electrons. The molecule has 2 aromatic rings. The largest absolute Gasteiger partial charge is 0.476 e. The zero-order valence-corrected chi connectivity index (χ0v) is 18.1. The van der Waals surface area contributed by atoms with E-state index in [1.165, 1.54) is 15.4 Å². The minimum absolute atomic E-state index is 0.448. The number of anilines is 2. The van der Waals surface area contributed by atoms with Gasteiger partial charge in [-0.3, -0.25) is 0 Å². The average Bonchev–Trinajstić information content (AvgIpc) is 3.19. The normalized spacial score (nSPS) is 19.3. The minimum atomic E-state index is -3.14. The average molecular weight is 438 g/mol. The van der Waals surface area contributed by atoms with Crippen molar-refractivity contribution in [2.45, 2.75) is 12.8 Å². The molecule has 30 heavy (non-hydrogen) atoms. The highest BCUT2D eigenvalue weighted by Gasteiger charge is 2.25. The number of tetrazole rings is 1. The van der Waals surface area contributed by atoms with E-state index < -0.39 is 10.0 Å². The standard InChI is InChI=1S/C17H27N9O3S/c1-23-21-17(20-22-23)25-5-3-14(4-6-25)13-29-16-12-18-15(11-19-16)24-7-9-26(10-8-24)30(2,27)28/h11-12,14H,3-10,13H2,1-2H3. The molecule has 0 spiro atoms. The number of nitrogens with zero attached hydrogens (tertiary/aromatic N) is 9. The summed E-state index contributed by atoms with van der Waals surface area (Å²) >= 11 is 0. The van der Waals surface area contributed by atoms with E-state index in [4.69, 9.17) is 4.74 Å². The molecule has 0 aliphatic carbocycles. The van der Waals surface area contributed by atoms with E-state index in [1.54, 1.807) is 19.4 Å². The van der Waals surface area contributed by atoms with E-state index >= 15 is 0 Å². The first-order valence-electron chi connectivity index (χ1n) is 10.0. The van der Waals surface area contributed by atoms with Gasteiger partial charge in [-0.15, -0.1) is 5.10 Å². The number of aryl methyl sites for hydroxylation is 1. The van der Waals surface area contributed by atoms with Crippen molar-refractivity contribution in [3.05, 3.63) is 12.4 Å². The van der Waals surface area contributed by atoms with Crippen LogP contribution >= 0.6 is 0 Å². The fraction of sp³-hybridized carbons (Fsp3) is 0.706. The summed E-state index contributed by atoms with van der Waals surface area (Å²) in [4.78, 5) is 14.5. The second kappa shape index (κ2) is 8.68. The molecule has 0 N–H and O–H groups in total. The van der Waals surface area contributed by atoms with Crippen LogP contribution in [0.2, 0.25) is 0 Å². The minimum Gasteiger partial charge on any atom is -0.476 e. The van der Waals surface area contributed by atoms with Gasteiger partial charge in [0.15, 0.2) is 0 Å².